The molecular formula is C8H7ClO. The fourth-order valence-corrected chi connectivity index (χ4v) is 0.863. The lowest BCUT2D eigenvalue weighted by Gasteiger charge is -1.98. The third-order valence-corrected chi connectivity index (χ3v) is 1.40. The zero-order valence-electron chi connectivity index (χ0n) is 5.34. The molecule has 0 saturated heterocycles. The summed E-state index contributed by atoms with van der Waals surface area (Å²) in [5.74, 6) is 0.169. The molecule has 0 fully saturated rings. The van der Waals surface area contributed by atoms with Crippen LogP contribution in [-0.2, 0) is 0 Å². The van der Waals surface area contributed by atoms with Crippen molar-refractivity contribution in [2.45, 2.75) is 0 Å². The number of rotatable bonds is 1. The van der Waals surface area contributed by atoms with Crippen molar-refractivity contribution >= 4 is 16.6 Å². The van der Waals surface area contributed by atoms with Crippen molar-refractivity contribution in [3.05, 3.63) is 36.4 Å². The molecule has 0 saturated carbocycles. The van der Waals surface area contributed by atoms with Gasteiger partial charge in [0, 0.05) is 10.6 Å². The molecule has 10 heavy (non-hydrogen) atoms. The summed E-state index contributed by atoms with van der Waals surface area (Å²) in [5, 5.41) is 9.50. The molecule has 0 radical (unpaired) electrons. The molecule has 0 heterocycles. The Kier molecular flexibility index (Phi) is 1.97. The van der Waals surface area contributed by atoms with Gasteiger partial charge in [-0.05, 0) is 12.1 Å². The van der Waals surface area contributed by atoms with Gasteiger partial charge < -0.3 is 5.11 Å². The van der Waals surface area contributed by atoms with E-state index < -0.39 is 0 Å². The third-order valence-electron chi connectivity index (χ3n) is 1.20. The number of halogens is 1. The smallest absolute Gasteiger partial charge is 0.124 e. The minimum absolute atomic E-state index is 0.169. The van der Waals surface area contributed by atoms with Crippen LogP contribution in [0.2, 0.25) is 0 Å². The average Bonchev–Trinajstić information content (AvgIpc) is 1.88. The van der Waals surface area contributed by atoms with Crippen LogP contribution in [0.15, 0.2) is 30.8 Å². The number of hydrogen-bond acceptors (Lipinski definition) is 1. The second-order valence-corrected chi connectivity index (χ2v) is 2.38. The summed E-state index contributed by atoms with van der Waals surface area (Å²) in [7, 11) is 0. The first kappa shape index (κ1) is 7.16. The Morgan fingerprint density at radius 2 is 2.00 bits per heavy atom. The Morgan fingerprint density at radius 1 is 1.40 bits per heavy atom. The van der Waals surface area contributed by atoms with Crippen LogP contribution >= 0.6 is 11.6 Å². The SMILES string of the molecule is C=C(Cl)c1ccccc1O. The van der Waals surface area contributed by atoms with Crippen molar-refractivity contribution in [2.75, 3.05) is 0 Å². The van der Waals surface area contributed by atoms with Gasteiger partial charge in [-0.3, -0.25) is 0 Å². The molecule has 1 aromatic rings. The van der Waals surface area contributed by atoms with Gasteiger partial charge in [0.15, 0.2) is 0 Å². The van der Waals surface area contributed by atoms with Gasteiger partial charge in [0.2, 0.25) is 0 Å². The van der Waals surface area contributed by atoms with E-state index in [0.29, 0.717) is 10.6 Å². The fourth-order valence-electron chi connectivity index (χ4n) is 0.703. The average molecular weight is 155 g/mol. The van der Waals surface area contributed by atoms with Crippen molar-refractivity contribution in [3.8, 4) is 5.75 Å². The number of para-hydroxylation sites is 1. The predicted octanol–water partition coefficient (Wildman–Crippen LogP) is 2.60. The zero-order valence-corrected chi connectivity index (χ0v) is 6.10. The molecule has 1 aromatic carbocycles. The Bertz CT molecular complexity index is 255. The molecule has 0 unspecified atom stereocenters. The van der Waals surface area contributed by atoms with Crippen LogP contribution in [0.3, 0.4) is 0 Å². The Morgan fingerprint density at radius 3 is 2.40 bits per heavy atom. The van der Waals surface area contributed by atoms with Gasteiger partial charge in [-0.15, -0.1) is 0 Å². The molecule has 52 valence electrons. The summed E-state index contributed by atoms with van der Waals surface area (Å²) in [4.78, 5) is 0. The van der Waals surface area contributed by atoms with Crippen molar-refractivity contribution in [1.29, 1.82) is 0 Å². The summed E-state index contributed by atoms with van der Waals surface area (Å²) in [6, 6.07) is 6.81. The standard InChI is InChI=1S/C8H7ClO/c1-6(9)7-4-2-3-5-8(7)10/h2-5,10H,1H2. The minimum Gasteiger partial charge on any atom is -0.507 e. The lowest BCUT2D eigenvalue weighted by molar-refractivity contribution is 0.474. The lowest BCUT2D eigenvalue weighted by atomic mass is 10.2. The summed E-state index contributed by atoms with van der Waals surface area (Å²) in [6.45, 7) is 3.49. The van der Waals surface area contributed by atoms with Gasteiger partial charge in [0.05, 0.1) is 0 Å². The van der Waals surface area contributed by atoms with Crippen molar-refractivity contribution in [1.82, 2.24) is 0 Å². The highest BCUT2D eigenvalue weighted by Crippen LogP contribution is 2.25. The van der Waals surface area contributed by atoms with Crippen molar-refractivity contribution in [3.63, 3.8) is 0 Å². The molecule has 1 N–H and O–H groups in total. The Labute approximate surface area is 64.6 Å². The maximum absolute atomic E-state index is 9.14. The Hall–Kier alpha value is -0.950. The number of phenolic OH excluding ortho intramolecular Hbond substituents is 1. The quantitative estimate of drug-likeness (QED) is 0.659. The van der Waals surface area contributed by atoms with E-state index in [1.807, 2.05) is 0 Å². The van der Waals surface area contributed by atoms with E-state index in [1.54, 1.807) is 24.3 Å². The molecule has 0 atom stereocenters. The molecule has 1 nitrogen and oxygen atoms in total. The topological polar surface area (TPSA) is 20.2 Å². The van der Waals surface area contributed by atoms with Gasteiger partial charge in [0.1, 0.15) is 5.75 Å². The summed E-state index contributed by atoms with van der Waals surface area (Å²) in [6.07, 6.45) is 0. The van der Waals surface area contributed by atoms with Gasteiger partial charge in [-0.2, -0.15) is 0 Å². The Balaban J connectivity index is 3.15. The van der Waals surface area contributed by atoms with Crippen molar-refractivity contribution < 1.29 is 5.11 Å². The van der Waals surface area contributed by atoms with E-state index in [2.05, 4.69) is 6.58 Å². The normalized spacial score (nSPS) is 9.30. The number of aromatic hydroxyl groups is 1. The minimum atomic E-state index is 0.169. The van der Waals surface area contributed by atoms with Gasteiger partial charge in [-0.1, -0.05) is 30.3 Å². The van der Waals surface area contributed by atoms with Gasteiger partial charge >= 0.3 is 0 Å². The van der Waals surface area contributed by atoms with Crippen molar-refractivity contribution in [2.24, 2.45) is 0 Å². The molecule has 0 aromatic heterocycles. The molecule has 0 aliphatic heterocycles. The summed E-state index contributed by atoms with van der Waals surface area (Å²) >= 11 is 5.55. The highest BCUT2D eigenvalue weighted by molar-refractivity contribution is 6.48. The van der Waals surface area contributed by atoms with Crippen LogP contribution in [0.25, 0.3) is 5.03 Å². The highest BCUT2D eigenvalue weighted by atomic mass is 35.5. The van der Waals surface area contributed by atoms with Crippen LogP contribution in [0, 0.1) is 0 Å². The van der Waals surface area contributed by atoms with Crippen LogP contribution in [-0.4, -0.2) is 5.11 Å². The first-order valence-electron chi connectivity index (χ1n) is 2.84. The maximum Gasteiger partial charge on any atom is 0.124 e. The van der Waals surface area contributed by atoms with E-state index in [9.17, 15) is 0 Å². The molecule has 1 rings (SSSR count). The lowest BCUT2D eigenvalue weighted by Crippen LogP contribution is -1.74. The number of hydrogen-bond donors (Lipinski definition) is 1. The predicted molar refractivity (Wildman–Crippen MR) is 43.0 cm³/mol. The molecule has 0 spiro atoms. The number of phenols is 1. The first-order chi connectivity index (χ1) is 4.72. The second kappa shape index (κ2) is 2.76. The van der Waals surface area contributed by atoms with Crippen LogP contribution in [0.4, 0.5) is 0 Å². The maximum atomic E-state index is 9.14. The largest absolute Gasteiger partial charge is 0.507 e. The number of benzene rings is 1. The third kappa shape index (κ3) is 1.31. The molecule has 0 aliphatic carbocycles. The van der Waals surface area contributed by atoms with Crippen LogP contribution < -0.4 is 0 Å². The molecule has 0 bridgehead atoms. The van der Waals surface area contributed by atoms with E-state index in [4.69, 9.17) is 16.7 Å². The van der Waals surface area contributed by atoms with Gasteiger partial charge in [0.25, 0.3) is 0 Å². The zero-order chi connectivity index (χ0) is 7.56. The molecular weight excluding hydrogens is 148 g/mol. The van der Waals surface area contributed by atoms with E-state index in [0.717, 1.165) is 0 Å². The van der Waals surface area contributed by atoms with E-state index in [-0.39, 0.29) is 5.75 Å². The first-order valence-corrected chi connectivity index (χ1v) is 3.22. The highest BCUT2D eigenvalue weighted by Gasteiger charge is 1.98. The molecule has 0 aliphatic rings. The van der Waals surface area contributed by atoms with Crippen LogP contribution in [0.5, 0.6) is 5.75 Å². The summed E-state index contributed by atoms with van der Waals surface area (Å²) in [5.41, 5.74) is 0.587. The van der Waals surface area contributed by atoms with Crippen LogP contribution in [0.1, 0.15) is 5.56 Å². The fraction of sp³-hybridized carbons (Fsp3) is 0. The monoisotopic (exact) mass is 154 g/mol. The molecule has 2 heteroatoms. The van der Waals surface area contributed by atoms with Gasteiger partial charge in [-0.25, -0.2) is 0 Å². The summed E-state index contributed by atoms with van der Waals surface area (Å²) < 4.78 is 0. The van der Waals surface area contributed by atoms with E-state index >= 15 is 0 Å². The van der Waals surface area contributed by atoms with E-state index in [1.165, 1.54) is 0 Å². The molecule has 0 amide bonds. The second-order valence-electron chi connectivity index (χ2n) is 1.92.